The number of aryl methyl sites for hydroxylation is 2. The van der Waals surface area contributed by atoms with E-state index in [-0.39, 0.29) is 6.04 Å². The van der Waals surface area contributed by atoms with Crippen molar-refractivity contribution >= 4 is 45.5 Å². The summed E-state index contributed by atoms with van der Waals surface area (Å²) in [6, 6.07) is 8.85. The number of halogens is 2. The summed E-state index contributed by atoms with van der Waals surface area (Å²) in [6.07, 6.45) is 1.12. The Balaban J connectivity index is 2.41. The van der Waals surface area contributed by atoms with Crippen LogP contribution in [-0.4, -0.2) is 6.54 Å². The average molecular weight is 420 g/mol. The molecule has 0 bridgehead atoms. The summed E-state index contributed by atoms with van der Waals surface area (Å²) in [4.78, 5) is 2.76. The topological polar surface area (TPSA) is 12.0 Å². The summed E-state index contributed by atoms with van der Waals surface area (Å²) < 4.78 is 1.10. The zero-order valence-corrected chi connectivity index (χ0v) is 15.7. The normalized spacial score (nSPS) is 12.7. The smallest absolute Gasteiger partial charge is 0.0674 e. The van der Waals surface area contributed by atoms with Crippen LogP contribution in [0.15, 0.2) is 24.3 Å². The Morgan fingerprint density at radius 2 is 2.05 bits per heavy atom. The Labute approximate surface area is 143 Å². The SMILES string of the molecule is CCCNC(c1ccc(I)c(Cl)c1)c1sc(C)cc1C. The Bertz CT molecular complexity index is 594. The van der Waals surface area contributed by atoms with Gasteiger partial charge in [0, 0.05) is 13.3 Å². The Morgan fingerprint density at radius 1 is 1.30 bits per heavy atom. The molecular formula is C16H19ClINS. The highest BCUT2D eigenvalue weighted by atomic mass is 127. The van der Waals surface area contributed by atoms with Crippen molar-refractivity contribution in [1.29, 1.82) is 0 Å². The van der Waals surface area contributed by atoms with Crippen LogP contribution >= 0.6 is 45.5 Å². The second-order valence-electron chi connectivity index (χ2n) is 4.96. The van der Waals surface area contributed by atoms with E-state index >= 15 is 0 Å². The van der Waals surface area contributed by atoms with Gasteiger partial charge < -0.3 is 5.32 Å². The minimum atomic E-state index is 0.239. The minimum absolute atomic E-state index is 0.239. The lowest BCUT2D eigenvalue weighted by Crippen LogP contribution is -2.23. The molecule has 2 rings (SSSR count). The molecule has 0 saturated carbocycles. The number of benzene rings is 1. The van der Waals surface area contributed by atoms with Gasteiger partial charge in [-0.2, -0.15) is 0 Å². The molecule has 0 aliphatic rings. The predicted molar refractivity (Wildman–Crippen MR) is 98.1 cm³/mol. The van der Waals surface area contributed by atoms with Gasteiger partial charge in [-0.25, -0.2) is 0 Å². The molecule has 1 unspecified atom stereocenters. The number of hydrogen-bond acceptors (Lipinski definition) is 2. The molecular weight excluding hydrogens is 401 g/mol. The van der Waals surface area contributed by atoms with E-state index in [9.17, 15) is 0 Å². The van der Waals surface area contributed by atoms with Gasteiger partial charge in [-0.05, 0) is 78.7 Å². The van der Waals surface area contributed by atoms with Gasteiger partial charge in [-0.15, -0.1) is 11.3 Å². The third kappa shape index (κ3) is 3.75. The molecule has 2 aromatic rings. The zero-order chi connectivity index (χ0) is 14.7. The maximum atomic E-state index is 6.29. The first kappa shape index (κ1) is 16.3. The standard InChI is InChI=1S/C16H19ClINS/c1-4-7-19-15(16-10(2)8-11(3)20-16)12-5-6-14(18)13(17)9-12/h5-6,8-9,15,19H,4,7H2,1-3H3. The molecule has 0 aliphatic carbocycles. The second kappa shape index (κ2) is 7.25. The van der Waals surface area contributed by atoms with Gasteiger partial charge in [0.05, 0.1) is 11.1 Å². The number of nitrogens with one attached hydrogen (secondary N) is 1. The molecule has 4 heteroatoms. The van der Waals surface area contributed by atoms with E-state index in [1.54, 1.807) is 0 Å². The summed E-state index contributed by atoms with van der Waals surface area (Å²) in [7, 11) is 0. The van der Waals surface area contributed by atoms with Crippen LogP contribution in [0.2, 0.25) is 5.02 Å². The number of rotatable bonds is 5. The van der Waals surface area contributed by atoms with Gasteiger partial charge in [0.15, 0.2) is 0 Å². The van der Waals surface area contributed by atoms with E-state index < -0.39 is 0 Å². The van der Waals surface area contributed by atoms with Gasteiger partial charge in [0.1, 0.15) is 0 Å². The molecule has 0 fully saturated rings. The summed E-state index contributed by atoms with van der Waals surface area (Å²) >= 11 is 10.4. The second-order valence-corrected chi connectivity index (χ2v) is 7.82. The fourth-order valence-corrected chi connectivity index (χ4v) is 3.95. The Morgan fingerprint density at radius 3 is 2.60 bits per heavy atom. The third-order valence-corrected chi connectivity index (χ3v) is 6.01. The molecule has 0 radical (unpaired) electrons. The van der Waals surface area contributed by atoms with Crippen molar-refractivity contribution in [2.24, 2.45) is 0 Å². The van der Waals surface area contributed by atoms with Crippen LogP contribution in [-0.2, 0) is 0 Å². The first-order valence-electron chi connectivity index (χ1n) is 6.78. The highest BCUT2D eigenvalue weighted by molar-refractivity contribution is 14.1. The molecule has 1 N–H and O–H groups in total. The number of thiophene rings is 1. The Hall–Kier alpha value is -0.100. The summed E-state index contributed by atoms with van der Waals surface area (Å²) in [6.45, 7) is 7.55. The van der Waals surface area contributed by atoms with Crippen molar-refractivity contribution in [1.82, 2.24) is 5.32 Å². The molecule has 1 aromatic carbocycles. The molecule has 108 valence electrons. The van der Waals surface area contributed by atoms with E-state index in [0.717, 1.165) is 21.6 Å². The van der Waals surface area contributed by atoms with Crippen molar-refractivity contribution in [3.63, 3.8) is 0 Å². The Kier molecular flexibility index (Phi) is 5.90. The zero-order valence-electron chi connectivity index (χ0n) is 12.0. The van der Waals surface area contributed by atoms with Crippen molar-refractivity contribution < 1.29 is 0 Å². The van der Waals surface area contributed by atoms with Crippen LogP contribution in [0.3, 0.4) is 0 Å². The van der Waals surface area contributed by atoms with Gasteiger partial charge in [-0.3, -0.25) is 0 Å². The molecule has 0 spiro atoms. The van der Waals surface area contributed by atoms with Gasteiger partial charge in [0.2, 0.25) is 0 Å². The fourth-order valence-electron chi connectivity index (χ4n) is 2.29. The summed E-state index contributed by atoms with van der Waals surface area (Å²) in [5.74, 6) is 0. The molecule has 0 saturated heterocycles. The molecule has 1 nitrogen and oxygen atoms in total. The van der Waals surface area contributed by atoms with E-state index in [1.807, 2.05) is 11.3 Å². The molecule has 20 heavy (non-hydrogen) atoms. The lowest BCUT2D eigenvalue weighted by Gasteiger charge is -2.19. The van der Waals surface area contributed by atoms with Crippen LogP contribution in [0.4, 0.5) is 0 Å². The van der Waals surface area contributed by atoms with Crippen molar-refractivity contribution in [3.8, 4) is 0 Å². The van der Waals surface area contributed by atoms with E-state index in [1.165, 1.54) is 20.9 Å². The lowest BCUT2D eigenvalue weighted by atomic mass is 10.0. The van der Waals surface area contributed by atoms with Crippen LogP contribution in [0, 0.1) is 17.4 Å². The van der Waals surface area contributed by atoms with E-state index in [0.29, 0.717) is 0 Å². The lowest BCUT2D eigenvalue weighted by molar-refractivity contribution is 0.604. The van der Waals surface area contributed by atoms with Crippen molar-refractivity contribution in [2.75, 3.05) is 6.54 Å². The van der Waals surface area contributed by atoms with Crippen molar-refractivity contribution in [3.05, 3.63) is 53.7 Å². The first-order chi connectivity index (χ1) is 9.52. The monoisotopic (exact) mass is 419 g/mol. The van der Waals surface area contributed by atoms with Gasteiger partial charge in [0.25, 0.3) is 0 Å². The quantitative estimate of drug-likeness (QED) is 0.612. The average Bonchev–Trinajstić information content (AvgIpc) is 2.73. The summed E-state index contributed by atoms with van der Waals surface area (Å²) in [5, 5.41) is 4.48. The van der Waals surface area contributed by atoms with E-state index in [2.05, 4.69) is 72.9 Å². The van der Waals surface area contributed by atoms with Crippen LogP contribution in [0.5, 0.6) is 0 Å². The predicted octanol–water partition coefficient (Wildman–Crippen LogP) is 5.71. The molecule has 1 atom stereocenters. The highest BCUT2D eigenvalue weighted by Gasteiger charge is 2.18. The van der Waals surface area contributed by atoms with Gasteiger partial charge >= 0.3 is 0 Å². The largest absolute Gasteiger partial charge is 0.306 e. The highest BCUT2D eigenvalue weighted by Crippen LogP contribution is 2.33. The minimum Gasteiger partial charge on any atom is -0.306 e. The molecule has 1 aromatic heterocycles. The maximum Gasteiger partial charge on any atom is 0.0674 e. The third-order valence-electron chi connectivity index (χ3n) is 3.22. The molecule has 0 aliphatic heterocycles. The number of hydrogen-bond donors (Lipinski definition) is 1. The van der Waals surface area contributed by atoms with Gasteiger partial charge in [-0.1, -0.05) is 24.6 Å². The first-order valence-corrected chi connectivity index (χ1v) is 9.05. The van der Waals surface area contributed by atoms with Crippen LogP contribution in [0.25, 0.3) is 0 Å². The maximum absolute atomic E-state index is 6.29. The van der Waals surface area contributed by atoms with Crippen LogP contribution in [0.1, 0.15) is 40.3 Å². The summed E-state index contributed by atoms with van der Waals surface area (Å²) in [5.41, 5.74) is 2.60. The molecule has 0 amide bonds. The molecule has 1 heterocycles. The van der Waals surface area contributed by atoms with Crippen LogP contribution < -0.4 is 5.32 Å². The van der Waals surface area contributed by atoms with E-state index in [4.69, 9.17) is 11.6 Å². The van der Waals surface area contributed by atoms with Crippen molar-refractivity contribution in [2.45, 2.75) is 33.2 Å². The fraction of sp³-hybridized carbons (Fsp3) is 0.375.